The van der Waals surface area contributed by atoms with Gasteiger partial charge >= 0.3 is 0 Å². The van der Waals surface area contributed by atoms with Crippen LogP contribution in [0.2, 0.25) is 0 Å². The van der Waals surface area contributed by atoms with Crippen molar-refractivity contribution in [2.24, 2.45) is 0 Å². The zero-order valence-electron chi connectivity index (χ0n) is 8.37. The first kappa shape index (κ1) is 10.8. The van der Waals surface area contributed by atoms with Crippen LogP contribution in [0.25, 0.3) is 0 Å². The largest absolute Gasteiger partial charge is 0.399 e. The molecule has 1 rings (SSSR count). The molecule has 3 N–H and O–H groups in total. The summed E-state index contributed by atoms with van der Waals surface area (Å²) >= 11 is 0. The van der Waals surface area contributed by atoms with Gasteiger partial charge in [-0.05, 0) is 25.1 Å². The van der Waals surface area contributed by atoms with Gasteiger partial charge in [0, 0.05) is 25.0 Å². The number of benzene rings is 1. The quantitative estimate of drug-likeness (QED) is 0.718. The van der Waals surface area contributed by atoms with Gasteiger partial charge in [0.05, 0.1) is 6.10 Å². The van der Waals surface area contributed by atoms with Gasteiger partial charge in [-0.1, -0.05) is 0 Å². The van der Waals surface area contributed by atoms with E-state index in [-0.39, 0.29) is 5.82 Å². The van der Waals surface area contributed by atoms with Crippen molar-refractivity contribution >= 4 is 11.4 Å². The third-order valence-electron chi connectivity index (χ3n) is 1.88. The lowest BCUT2D eigenvalue weighted by Gasteiger charge is -2.21. The van der Waals surface area contributed by atoms with Crippen LogP contribution in [0.3, 0.4) is 0 Å². The van der Waals surface area contributed by atoms with Gasteiger partial charge in [-0.15, -0.1) is 0 Å². The zero-order chi connectivity index (χ0) is 10.7. The fourth-order valence-corrected chi connectivity index (χ4v) is 1.32. The lowest BCUT2D eigenvalue weighted by molar-refractivity contribution is 0.201. The summed E-state index contributed by atoms with van der Waals surface area (Å²) in [4.78, 5) is 1.75. The van der Waals surface area contributed by atoms with Crippen LogP contribution >= 0.6 is 0 Å². The van der Waals surface area contributed by atoms with Crippen LogP contribution in [0, 0.1) is 5.82 Å². The number of aliphatic hydroxyl groups excluding tert-OH is 1. The summed E-state index contributed by atoms with van der Waals surface area (Å²) in [5.41, 5.74) is 6.56. The predicted molar refractivity (Wildman–Crippen MR) is 55.8 cm³/mol. The van der Waals surface area contributed by atoms with E-state index in [1.807, 2.05) is 0 Å². The second-order valence-corrected chi connectivity index (χ2v) is 3.47. The second-order valence-electron chi connectivity index (χ2n) is 3.47. The first-order valence-electron chi connectivity index (χ1n) is 4.44. The summed E-state index contributed by atoms with van der Waals surface area (Å²) in [6, 6.07) is 4.32. The Morgan fingerprint density at radius 2 is 2.14 bits per heavy atom. The molecule has 0 aliphatic carbocycles. The average Bonchev–Trinajstić information content (AvgIpc) is 2.00. The highest BCUT2D eigenvalue weighted by Gasteiger charge is 2.06. The maximum absolute atomic E-state index is 13.0. The van der Waals surface area contributed by atoms with Gasteiger partial charge in [0.25, 0.3) is 0 Å². The highest BCUT2D eigenvalue weighted by Crippen LogP contribution is 2.18. The Bertz CT molecular complexity index is 295. The SMILES string of the molecule is CC(O)CN(C)c1cc(N)cc(F)c1. The summed E-state index contributed by atoms with van der Waals surface area (Å²) in [5.74, 6) is -0.363. The molecule has 0 aromatic heterocycles. The minimum absolute atomic E-state index is 0.363. The molecule has 78 valence electrons. The number of hydrogen-bond acceptors (Lipinski definition) is 3. The third-order valence-corrected chi connectivity index (χ3v) is 1.88. The fourth-order valence-electron chi connectivity index (χ4n) is 1.32. The van der Waals surface area contributed by atoms with Crippen molar-refractivity contribution in [3.8, 4) is 0 Å². The van der Waals surface area contributed by atoms with Crippen molar-refractivity contribution in [2.75, 3.05) is 24.2 Å². The van der Waals surface area contributed by atoms with Crippen LogP contribution in [0.5, 0.6) is 0 Å². The molecule has 0 bridgehead atoms. The highest BCUT2D eigenvalue weighted by molar-refractivity contribution is 5.56. The van der Waals surface area contributed by atoms with Crippen molar-refractivity contribution in [1.29, 1.82) is 0 Å². The molecule has 0 fully saturated rings. The molecule has 14 heavy (non-hydrogen) atoms. The van der Waals surface area contributed by atoms with E-state index in [2.05, 4.69) is 0 Å². The molecule has 1 aromatic carbocycles. The summed E-state index contributed by atoms with van der Waals surface area (Å²) in [7, 11) is 1.78. The molecule has 0 spiro atoms. The molecular weight excluding hydrogens is 183 g/mol. The number of aliphatic hydroxyl groups is 1. The molecule has 0 aliphatic rings. The second kappa shape index (κ2) is 4.28. The highest BCUT2D eigenvalue weighted by atomic mass is 19.1. The number of nitrogens with zero attached hydrogens (tertiary/aromatic N) is 1. The maximum atomic E-state index is 13.0. The molecular formula is C10H15FN2O. The third kappa shape index (κ3) is 2.88. The Morgan fingerprint density at radius 1 is 1.50 bits per heavy atom. The molecule has 0 saturated carbocycles. The zero-order valence-corrected chi connectivity index (χ0v) is 8.37. The molecule has 3 nitrogen and oxygen atoms in total. The summed E-state index contributed by atoms with van der Waals surface area (Å²) in [5, 5.41) is 9.16. The minimum Gasteiger partial charge on any atom is -0.399 e. The molecule has 0 heterocycles. The van der Waals surface area contributed by atoms with Crippen molar-refractivity contribution in [1.82, 2.24) is 0 Å². The van der Waals surface area contributed by atoms with Gasteiger partial charge in [0.2, 0.25) is 0 Å². The molecule has 1 unspecified atom stereocenters. The van der Waals surface area contributed by atoms with Crippen LogP contribution in [0.4, 0.5) is 15.8 Å². The fraction of sp³-hybridized carbons (Fsp3) is 0.400. The molecule has 0 amide bonds. The van der Waals surface area contributed by atoms with Gasteiger partial charge < -0.3 is 15.7 Å². The van der Waals surface area contributed by atoms with Gasteiger partial charge in [-0.2, -0.15) is 0 Å². The van der Waals surface area contributed by atoms with E-state index >= 15 is 0 Å². The van der Waals surface area contributed by atoms with E-state index in [1.54, 1.807) is 24.9 Å². The van der Waals surface area contributed by atoms with Crippen LogP contribution in [-0.4, -0.2) is 24.8 Å². The lowest BCUT2D eigenvalue weighted by atomic mass is 10.2. The van der Waals surface area contributed by atoms with E-state index in [9.17, 15) is 4.39 Å². The number of rotatable bonds is 3. The number of halogens is 1. The first-order valence-corrected chi connectivity index (χ1v) is 4.44. The smallest absolute Gasteiger partial charge is 0.127 e. The standard InChI is InChI=1S/C10H15FN2O/c1-7(14)6-13(2)10-4-8(11)3-9(12)5-10/h3-5,7,14H,6,12H2,1-2H3. The van der Waals surface area contributed by atoms with Gasteiger partial charge in [0.15, 0.2) is 0 Å². The number of likely N-dealkylation sites (N-methyl/N-ethyl adjacent to an activating group) is 1. The Hall–Kier alpha value is -1.29. The Kier molecular flexibility index (Phi) is 3.30. The average molecular weight is 198 g/mol. The van der Waals surface area contributed by atoms with E-state index in [0.717, 1.165) is 0 Å². The van der Waals surface area contributed by atoms with E-state index in [1.165, 1.54) is 12.1 Å². The number of hydrogen-bond donors (Lipinski definition) is 2. The Morgan fingerprint density at radius 3 is 2.64 bits per heavy atom. The van der Waals surface area contributed by atoms with Crippen LogP contribution in [0.15, 0.2) is 18.2 Å². The molecule has 1 atom stereocenters. The summed E-state index contributed by atoms with van der Waals surface area (Å²) < 4.78 is 13.0. The Balaban J connectivity index is 2.84. The van der Waals surface area contributed by atoms with E-state index < -0.39 is 6.10 Å². The molecule has 0 saturated heterocycles. The van der Waals surface area contributed by atoms with Crippen molar-refractivity contribution < 1.29 is 9.50 Å². The maximum Gasteiger partial charge on any atom is 0.127 e. The normalized spacial score (nSPS) is 12.6. The molecule has 0 aliphatic heterocycles. The van der Waals surface area contributed by atoms with Gasteiger partial charge in [-0.25, -0.2) is 4.39 Å². The van der Waals surface area contributed by atoms with Gasteiger partial charge in [-0.3, -0.25) is 0 Å². The summed E-state index contributed by atoms with van der Waals surface area (Å²) in [6.45, 7) is 2.13. The molecule has 4 heteroatoms. The van der Waals surface area contributed by atoms with Crippen LogP contribution in [-0.2, 0) is 0 Å². The Labute approximate surface area is 83.0 Å². The molecule has 0 radical (unpaired) electrons. The minimum atomic E-state index is -0.454. The van der Waals surface area contributed by atoms with Gasteiger partial charge in [0.1, 0.15) is 5.82 Å². The van der Waals surface area contributed by atoms with E-state index in [0.29, 0.717) is 17.9 Å². The van der Waals surface area contributed by atoms with Crippen LogP contribution in [0.1, 0.15) is 6.92 Å². The van der Waals surface area contributed by atoms with Crippen molar-refractivity contribution in [3.63, 3.8) is 0 Å². The number of nitrogens with two attached hydrogens (primary N) is 1. The lowest BCUT2D eigenvalue weighted by Crippen LogP contribution is -2.26. The van der Waals surface area contributed by atoms with Crippen molar-refractivity contribution in [3.05, 3.63) is 24.0 Å². The molecule has 1 aromatic rings. The monoisotopic (exact) mass is 198 g/mol. The summed E-state index contributed by atoms with van der Waals surface area (Å²) in [6.07, 6.45) is -0.454. The number of nitrogen functional groups attached to an aromatic ring is 1. The topological polar surface area (TPSA) is 49.5 Å². The van der Waals surface area contributed by atoms with Crippen molar-refractivity contribution in [2.45, 2.75) is 13.0 Å². The van der Waals surface area contributed by atoms with E-state index in [4.69, 9.17) is 10.8 Å². The number of anilines is 2. The van der Waals surface area contributed by atoms with Crippen LogP contribution < -0.4 is 10.6 Å². The first-order chi connectivity index (χ1) is 6.49. The predicted octanol–water partition coefficient (Wildman–Crippen LogP) is 1.22.